The van der Waals surface area contributed by atoms with Crippen LogP contribution in [0.4, 0.5) is 5.69 Å². The van der Waals surface area contributed by atoms with E-state index in [0.29, 0.717) is 23.7 Å². The Morgan fingerprint density at radius 3 is 2.29 bits per heavy atom. The van der Waals surface area contributed by atoms with Crippen LogP contribution in [0.5, 0.6) is 0 Å². The van der Waals surface area contributed by atoms with E-state index in [1.54, 1.807) is 24.3 Å². The summed E-state index contributed by atoms with van der Waals surface area (Å²) in [6, 6.07) is 13.3. The van der Waals surface area contributed by atoms with Crippen molar-refractivity contribution in [1.82, 2.24) is 10.2 Å². The van der Waals surface area contributed by atoms with Gasteiger partial charge in [0.25, 0.3) is 11.7 Å². The van der Waals surface area contributed by atoms with E-state index in [4.69, 9.17) is 16.7 Å². The van der Waals surface area contributed by atoms with Crippen molar-refractivity contribution in [2.45, 2.75) is 6.04 Å². The van der Waals surface area contributed by atoms with Crippen molar-refractivity contribution < 1.29 is 19.8 Å². The largest absolute Gasteiger partial charge is 0.507 e. The highest BCUT2D eigenvalue weighted by Crippen LogP contribution is 2.39. The van der Waals surface area contributed by atoms with E-state index in [-0.39, 0.29) is 24.5 Å². The summed E-state index contributed by atoms with van der Waals surface area (Å²) in [5, 5.41) is 23.5. The molecule has 1 fully saturated rings. The maximum Gasteiger partial charge on any atom is 0.295 e. The van der Waals surface area contributed by atoms with Crippen molar-refractivity contribution in [3.05, 3.63) is 70.3 Å². The smallest absolute Gasteiger partial charge is 0.295 e. The van der Waals surface area contributed by atoms with E-state index in [0.717, 1.165) is 11.3 Å². The molecule has 0 spiro atoms. The molecular weight excluding hydrogens is 418 g/mol. The average molecular weight is 444 g/mol. The number of Topliss-reactive ketones (excluding diaryl/α,β-unsaturated/α-hetero) is 1. The number of nitrogens with one attached hydrogen (secondary N) is 1. The fourth-order valence-corrected chi connectivity index (χ4v) is 3.70. The van der Waals surface area contributed by atoms with Crippen LogP contribution >= 0.6 is 11.6 Å². The van der Waals surface area contributed by atoms with Crippen LogP contribution < -0.4 is 10.2 Å². The Hall–Kier alpha value is -2.87. The van der Waals surface area contributed by atoms with E-state index in [9.17, 15) is 14.7 Å². The first-order valence-electron chi connectivity index (χ1n) is 9.98. The van der Waals surface area contributed by atoms with Gasteiger partial charge in [0.05, 0.1) is 18.2 Å². The third-order valence-corrected chi connectivity index (χ3v) is 5.45. The lowest BCUT2D eigenvalue weighted by Gasteiger charge is -2.26. The maximum absolute atomic E-state index is 12.9. The first-order valence-corrected chi connectivity index (χ1v) is 10.4. The number of hydrogen-bond donors (Lipinski definition) is 3. The van der Waals surface area contributed by atoms with Gasteiger partial charge in [-0.2, -0.15) is 0 Å². The monoisotopic (exact) mass is 443 g/mol. The van der Waals surface area contributed by atoms with Crippen molar-refractivity contribution in [2.24, 2.45) is 0 Å². The minimum Gasteiger partial charge on any atom is -0.507 e. The molecule has 3 N–H and O–H groups in total. The molecule has 7 nitrogen and oxygen atoms in total. The molecule has 0 radical (unpaired) electrons. The van der Waals surface area contributed by atoms with Gasteiger partial charge in [0.2, 0.25) is 0 Å². The van der Waals surface area contributed by atoms with Crippen molar-refractivity contribution in [2.75, 3.05) is 45.2 Å². The first kappa shape index (κ1) is 22.8. The molecule has 3 rings (SSSR count). The number of aliphatic hydroxyl groups is 2. The topological polar surface area (TPSA) is 93.1 Å². The van der Waals surface area contributed by atoms with E-state index < -0.39 is 17.7 Å². The van der Waals surface area contributed by atoms with Gasteiger partial charge in [-0.3, -0.25) is 9.59 Å². The third kappa shape index (κ3) is 4.90. The molecule has 2 aromatic carbocycles. The number of hydrogen-bond acceptors (Lipinski definition) is 6. The highest BCUT2D eigenvalue weighted by molar-refractivity contribution is 6.46. The number of aliphatic hydroxyl groups excluding tert-OH is 2. The SMILES string of the molecule is CN(C)c1ccc(C2/C(=C(\O)c3ccc(Cl)cc3)C(=O)C(=O)N2CCNCCO)cc1. The number of ketones is 1. The number of carbonyl (C=O) groups is 2. The molecule has 1 unspecified atom stereocenters. The van der Waals surface area contributed by atoms with Gasteiger partial charge in [0.15, 0.2) is 0 Å². The molecule has 8 heteroatoms. The lowest BCUT2D eigenvalue weighted by Crippen LogP contribution is -2.36. The van der Waals surface area contributed by atoms with Crippen molar-refractivity contribution in [3.8, 4) is 0 Å². The Morgan fingerprint density at radius 1 is 1.06 bits per heavy atom. The van der Waals surface area contributed by atoms with Crippen LogP contribution in [0, 0.1) is 0 Å². The van der Waals surface area contributed by atoms with Gasteiger partial charge in [-0.05, 0) is 42.0 Å². The van der Waals surface area contributed by atoms with Crippen LogP contribution in [-0.4, -0.2) is 67.1 Å². The number of carbonyl (C=O) groups excluding carboxylic acids is 2. The molecule has 31 heavy (non-hydrogen) atoms. The highest BCUT2D eigenvalue weighted by atomic mass is 35.5. The zero-order chi connectivity index (χ0) is 22.5. The van der Waals surface area contributed by atoms with Crippen LogP contribution in [0.25, 0.3) is 5.76 Å². The summed E-state index contributed by atoms with van der Waals surface area (Å²) >= 11 is 5.94. The van der Waals surface area contributed by atoms with Gasteiger partial charge >= 0.3 is 0 Å². The molecule has 1 amide bonds. The van der Waals surface area contributed by atoms with Gasteiger partial charge < -0.3 is 25.3 Å². The van der Waals surface area contributed by atoms with E-state index >= 15 is 0 Å². The summed E-state index contributed by atoms with van der Waals surface area (Å²) in [6.07, 6.45) is 0. The maximum atomic E-state index is 12.9. The molecule has 1 aliphatic heterocycles. The second-order valence-corrected chi connectivity index (χ2v) is 7.90. The first-order chi connectivity index (χ1) is 14.8. The molecule has 2 aromatic rings. The van der Waals surface area contributed by atoms with Gasteiger partial charge in [-0.15, -0.1) is 0 Å². The van der Waals surface area contributed by atoms with Crippen LogP contribution in [0.1, 0.15) is 17.2 Å². The molecule has 1 aliphatic rings. The van der Waals surface area contributed by atoms with Gasteiger partial charge in [-0.1, -0.05) is 23.7 Å². The average Bonchev–Trinajstić information content (AvgIpc) is 3.01. The van der Waals surface area contributed by atoms with Gasteiger partial charge in [0, 0.05) is 50.0 Å². The summed E-state index contributed by atoms with van der Waals surface area (Å²) in [4.78, 5) is 29.2. The highest BCUT2D eigenvalue weighted by Gasteiger charge is 2.45. The van der Waals surface area contributed by atoms with Crippen LogP contribution in [0.15, 0.2) is 54.1 Å². The number of halogens is 1. The van der Waals surface area contributed by atoms with Gasteiger partial charge in [-0.25, -0.2) is 0 Å². The molecule has 1 heterocycles. The Labute approximate surface area is 186 Å². The fraction of sp³-hybridized carbons (Fsp3) is 0.304. The zero-order valence-corrected chi connectivity index (χ0v) is 18.3. The summed E-state index contributed by atoms with van der Waals surface area (Å²) in [5.74, 6) is -1.62. The molecule has 0 bridgehead atoms. The molecular formula is C23H26ClN3O4. The molecule has 0 aromatic heterocycles. The van der Waals surface area contributed by atoms with Crippen molar-refractivity contribution >= 4 is 34.7 Å². The number of anilines is 1. The predicted molar refractivity (Wildman–Crippen MR) is 121 cm³/mol. The number of amides is 1. The minimum atomic E-state index is -0.726. The molecule has 1 atom stereocenters. The second-order valence-electron chi connectivity index (χ2n) is 7.46. The van der Waals surface area contributed by atoms with Crippen LogP contribution in [-0.2, 0) is 9.59 Å². The quantitative estimate of drug-likeness (QED) is 0.251. The Kier molecular flexibility index (Phi) is 7.33. The Bertz CT molecular complexity index is 971. The van der Waals surface area contributed by atoms with Crippen molar-refractivity contribution in [3.63, 3.8) is 0 Å². The van der Waals surface area contributed by atoms with Crippen LogP contribution in [0.3, 0.4) is 0 Å². The van der Waals surface area contributed by atoms with E-state index in [1.165, 1.54) is 4.90 Å². The normalized spacial score (nSPS) is 17.9. The van der Waals surface area contributed by atoms with E-state index in [2.05, 4.69) is 5.32 Å². The second kappa shape index (κ2) is 9.96. The lowest BCUT2D eigenvalue weighted by molar-refractivity contribution is -0.139. The fourth-order valence-electron chi connectivity index (χ4n) is 3.58. The summed E-state index contributed by atoms with van der Waals surface area (Å²) in [6.45, 7) is 1.02. The van der Waals surface area contributed by atoms with E-state index in [1.807, 2.05) is 43.3 Å². The predicted octanol–water partition coefficient (Wildman–Crippen LogP) is 2.41. The molecule has 1 saturated heterocycles. The van der Waals surface area contributed by atoms with Crippen molar-refractivity contribution in [1.29, 1.82) is 0 Å². The summed E-state index contributed by atoms with van der Waals surface area (Å²) in [5.41, 5.74) is 2.16. The molecule has 0 aliphatic carbocycles. The number of nitrogens with zero attached hydrogens (tertiary/aromatic N) is 2. The number of likely N-dealkylation sites (tertiary alicyclic amines) is 1. The van der Waals surface area contributed by atoms with Crippen LogP contribution in [0.2, 0.25) is 5.02 Å². The number of benzene rings is 2. The lowest BCUT2D eigenvalue weighted by atomic mass is 9.95. The third-order valence-electron chi connectivity index (χ3n) is 5.20. The standard InChI is InChI=1S/C23H26ClN3O4/c1-26(2)18-9-5-15(6-10-18)20-19(21(29)16-3-7-17(24)8-4-16)22(30)23(31)27(20)13-11-25-12-14-28/h3-10,20,25,28-29H,11-14H2,1-2H3/b21-19+. The van der Waals surface area contributed by atoms with Gasteiger partial charge in [0.1, 0.15) is 5.76 Å². The Morgan fingerprint density at radius 2 is 1.71 bits per heavy atom. The zero-order valence-electron chi connectivity index (χ0n) is 17.5. The minimum absolute atomic E-state index is 0.0230. The molecule has 164 valence electrons. The Balaban J connectivity index is 2.06. The summed E-state index contributed by atoms with van der Waals surface area (Å²) in [7, 11) is 3.85. The number of rotatable bonds is 8. The molecule has 0 saturated carbocycles. The summed E-state index contributed by atoms with van der Waals surface area (Å²) < 4.78 is 0.